The summed E-state index contributed by atoms with van der Waals surface area (Å²) in [6.45, 7) is 0. The fraction of sp³-hybridized carbons (Fsp3) is 0. The van der Waals surface area contributed by atoms with E-state index in [9.17, 15) is 0 Å². The molecular weight excluding hydrogens is 569 g/mol. The molecule has 146 valence electrons. The normalized spacial score (nSPS) is 10.1. The van der Waals surface area contributed by atoms with E-state index in [0.717, 1.165) is 44.8 Å². The molecule has 5 heterocycles. The van der Waals surface area contributed by atoms with Crippen LogP contribution in [0.4, 0.5) is 0 Å². The average Bonchev–Trinajstić information content (AvgIpc) is 3.32. The maximum atomic E-state index is 4.63. The maximum absolute atomic E-state index is 4.63. The minimum atomic E-state index is 0. The molecule has 0 unspecified atom stereocenters. The summed E-state index contributed by atoms with van der Waals surface area (Å²) in [5, 5.41) is 0. The van der Waals surface area contributed by atoms with E-state index in [4.69, 9.17) is 0 Å². The van der Waals surface area contributed by atoms with Gasteiger partial charge in [0.2, 0.25) is 0 Å². The molecule has 4 nitrogen and oxygen atoms in total. The van der Waals surface area contributed by atoms with E-state index in [2.05, 4.69) is 44.2 Å². The number of aromatic nitrogens is 4. The molecule has 2 N–H and O–H groups in total. The van der Waals surface area contributed by atoms with Crippen LogP contribution in [0.2, 0.25) is 0 Å². The number of nitrogens with zero attached hydrogens (tertiary/aromatic N) is 2. The number of hydrogen-bond acceptors (Lipinski definition) is 2. The van der Waals surface area contributed by atoms with Gasteiger partial charge in [0.05, 0.1) is 22.8 Å². The van der Waals surface area contributed by atoms with E-state index < -0.39 is 0 Å². The van der Waals surface area contributed by atoms with Gasteiger partial charge in [-0.05, 0) is 72.8 Å². The van der Waals surface area contributed by atoms with Gasteiger partial charge in [-0.1, -0.05) is 0 Å². The maximum Gasteiger partial charge on any atom is 2.00 e. The van der Waals surface area contributed by atoms with Crippen LogP contribution in [0.25, 0.3) is 46.4 Å². The summed E-state index contributed by atoms with van der Waals surface area (Å²) >= 11 is 0. The molecule has 0 saturated carbocycles. The van der Waals surface area contributed by atoms with Crippen molar-refractivity contribution in [2.75, 3.05) is 0 Å². The fourth-order valence-corrected chi connectivity index (χ4v) is 2.94. The van der Waals surface area contributed by atoms with Crippen LogP contribution >= 0.6 is 0 Å². The third kappa shape index (κ3) is 7.02. The van der Waals surface area contributed by atoms with Crippen molar-refractivity contribution in [2.24, 2.45) is 0 Å². The predicted molar refractivity (Wildman–Crippen MR) is 98.9 cm³/mol. The molecule has 0 amide bonds. The Bertz CT molecular complexity index is 1010. The molecule has 10 heteroatoms. The van der Waals surface area contributed by atoms with E-state index in [0.29, 0.717) is 0 Å². The topological polar surface area (TPSA) is 57.4 Å². The summed E-state index contributed by atoms with van der Waals surface area (Å²) in [4.78, 5) is 16.0. The van der Waals surface area contributed by atoms with Crippen molar-refractivity contribution in [1.82, 2.24) is 19.9 Å². The Hall–Kier alpha value is -0.993. The molecule has 2 aliphatic heterocycles. The standard InChI is InChI=1S/C20H14N4.4ClH.2Zn/c1-2-14-10-16-5-6-18(23-16)12-20-8-7-19(24-20)11-17-4-3-15(22-17)9-13(1)21-14;;;;;;/h1-12,21,24H;4*1H;;/q;;;;;2*+2/p-4. The summed E-state index contributed by atoms with van der Waals surface area (Å²) in [5.41, 5.74) is 7.86. The molecule has 0 aliphatic carbocycles. The van der Waals surface area contributed by atoms with Crippen molar-refractivity contribution in [3.63, 3.8) is 0 Å². The predicted octanol–water partition coefficient (Wildman–Crippen LogP) is -7.33. The van der Waals surface area contributed by atoms with Crippen LogP contribution in [0.5, 0.6) is 0 Å². The largest absolute Gasteiger partial charge is 2.00 e. The first kappa shape index (κ1) is 31.2. The molecule has 30 heavy (non-hydrogen) atoms. The zero-order valence-corrected chi connectivity index (χ0v) is 24.7. The van der Waals surface area contributed by atoms with E-state index in [1.54, 1.807) is 0 Å². The monoisotopic (exact) mass is 578 g/mol. The van der Waals surface area contributed by atoms with Crippen LogP contribution in [-0.2, 0) is 39.0 Å². The van der Waals surface area contributed by atoms with E-state index in [-0.39, 0.29) is 88.6 Å². The molecule has 2 aliphatic rings. The zero-order valence-electron chi connectivity index (χ0n) is 15.7. The van der Waals surface area contributed by atoms with Gasteiger partial charge in [0, 0.05) is 22.1 Å². The van der Waals surface area contributed by atoms with Gasteiger partial charge in [-0.2, -0.15) is 0 Å². The van der Waals surface area contributed by atoms with Crippen molar-refractivity contribution < 1.29 is 88.6 Å². The number of aromatic amines is 2. The van der Waals surface area contributed by atoms with Gasteiger partial charge in [-0.25, -0.2) is 9.97 Å². The molecule has 0 aromatic carbocycles. The van der Waals surface area contributed by atoms with Crippen molar-refractivity contribution in [3.8, 4) is 0 Å². The smallest absolute Gasteiger partial charge is 1.00 e. The number of halogens is 4. The Kier molecular flexibility index (Phi) is 14.0. The van der Waals surface area contributed by atoms with Crippen molar-refractivity contribution >= 4 is 46.4 Å². The quantitative estimate of drug-likeness (QED) is 0.178. The fourth-order valence-electron chi connectivity index (χ4n) is 2.94. The van der Waals surface area contributed by atoms with Gasteiger partial charge in [0.25, 0.3) is 0 Å². The minimum absolute atomic E-state index is 0. The first-order chi connectivity index (χ1) is 11.8. The summed E-state index contributed by atoms with van der Waals surface area (Å²) in [6, 6.07) is 16.4. The third-order valence-corrected chi connectivity index (χ3v) is 4.04. The minimum Gasteiger partial charge on any atom is -1.00 e. The van der Waals surface area contributed by atoms with Gasteiger partial charge in [0.15, 0.2) is 0 Å². The van der Waals surface area contributed by atoms with Gasteiger partial charge < -0.3 is 59.6 Å². The summed E-state index contributed by atoms with van der Waals surface area (Å²) in [5.74, 6) is 0. The molecule has 3 aromatic rings. The Morgan fingerprint density at radius 1 is 0.433 bits per heavy atom. The molecule has 0 spiro atoms. The molecule has 0 saturated heterocycles. The SMILES string of the molecule is C1=Cc2cc3ccc(cc4nc(cc5ccc(cc1n2)[nH]5)C=C4)[nH]3.[Cl-].[Cl-].[Cl-].[Cl-].[Zn+2].[Zn+2]. The number of fused-ring (bicyclic) bond motifs is 8. The average molecular weight is 583 g/mol. The van der Waals surface area contributed by atoms with Gasteiger partial charge in [-0.3, -0.25) is 0 Å². The van der Waals surface area contributed by atoms with E-state index >= 15 is 0 Å². The molecule has 0 fully saturated rings. The number of rotatable bonds is 0. The van der Waals surface area contributed by atoms with Crippen molar-refractivity contribution in [1.29, 1.82) is 0 Å². The van der Waals surface area contributed by atoms with Crippen LogP contribution in [-0.4, -0.2) is 19.9 Å². The molecular formula is C20H14Cl4N4Zn2. The summed E-state index contributed by atoms with van der Waals surface area (Å²) in [6.07, 6.45) is 8.09. The summed E-state index contributed by atoms with van der Waals surface area (Å²) < 4.78 is 0. The van der Waals surface area contributed by atoms with Gasteiger partial charge in [-0.15, -0.1) is 0 Å². The first-order valence-corrected chi connectivity index (χ1v) is 7.85. The Morgan fingerprint density at radius 2 is 0.667 bits per heavy atom. The third-order valence-electron chi connectivity index (χ3n) is 4.04. The number of H-pyrrole nitrogens is 2. The Balaban J connectivity index is 0. The van der Waals surface area contributed by atoms with Gasteiger partial charge in [0.1, 0.15) is 0 Å². The molecule has 0 atom stereocenters. The van der Waals surface area contributed by atoms with Crippen LogP contribution < -0.4 is 49.6 Å². The molecule has 0 radical (unpaired) electrons. The number of nitrogens with one attached hydrogen (secondary N) is 2. The zero-order chi connectivity index (χ0) is 15.9. The van der Waals surface area contributed by atoms with Gasteiger partial charge >= 0.3 is 39.0 Å². The van der Waals surface area contributed by atoms with E-state index in [1.807, 2.05) is 48.6 Å². The van der Waals surface area contributed by atoms with Crippen LogP contribution in [0.15, 0.2) is 48.5 Å². The van der Waals surface area contributed by atoms with Crippen molar-refractivity contribution in [3.05, 3.63) is 71.3 Å². The Morgan fingerprint density at radius 3 is 0.900 bits per heavy atom. The van der Waals surface area contributed by atoms with Crippen LogP contribution in [0.1, 0.15) is 22.8 Å². The number of hydrogen-bond donors (Lipinski definition) is 2. The molecule has 8 bridgehead atoms. The second-order valence-electron chi connectivity index (χ2n) is 5.91. The molecule has 5 rings (SSSR count). The van der Waals surface area contributed by atoms with Crippen LogP contribution in [0.3, 0.4) is 0 Å². The van der Waals surface area contributed by atoms with Crippen molar-refractivity contribution in [2.45, 2.75) is 0 Å². The molecule has 3 aromatic heterocycles. The second-order valence-corrected chi connectivity index (χ2v) is 5.91. The Labute approximate surface area is 224 Å². The first-order valence-electron chi connectivity index (χ1n) is 7.85. The van der Waals surface area contributed by atoms with Crippen LogP contribution in [0, 0.1) is 0 Å². The second kappa shape index (κ2) is 13.4. The van der Waals surface area contributed by atoms with E-state index in [1.165, 1.54) is 0 Å². The summed E-state index contributed by atoms with van der Waals surface area (Å²) in [7, 11) is 0.